The minimum atomic E-state index is -0.696. The Labute approximate surface area is 238 Å². The number of unbranched alkanes of at least 4 members (excludes halogenated alkanes) is 1. The predicted octanol–water partition coefficient (Wildman–Crippen LogP) is 4.98. The molecular weight excluding hydrogens is 512 g/mol. The highest BCUT2D eigenvalue weighted by atomic mass is 16.7. The van der Waals surface area contributed by atoms with Gasteiger partial charge in [-0.2, -0.15) is 0 Å². The molecule has 5 heterocycles. The Balaban J connectivity index is 0.920. The molecular formula is C32H46O8. The average Bonchev–Trinajstić information content (AvgIpc) is 3.71. The Kier molecular flexibility index (Phi) is 9.41. The van der Waals surface area contributed by atoms with Crippen LogP contribution in [0.3, 0.4) is 0 Å². The Bertz CT molecular complexity index is 957. The zero-order chi connectivity index (χ0) is 27.4. The first-order valence-corrected chi connectivity index (χ1v) is 15.7. The first kappa shape index (κ1) is 28.6. The second-order valence-electron chi connectivity index (χ2n) is 12.5. The lowest BCUT2D eigenvalue weighted by atomic mass is 9.93. The number of benzene rings is 1. The van der Waals surface area contributed by atoms with E-state index >= 15 is 0 Å². The number of aliphatic hydroxyl groups is 1. The molecule has 1 aromatic carbocycles. The van der Waals surface area contributed by atoms with Crippen LogP contribution in [0, 0.1) is 0 Å². The zero-order valence-electron chi connectivity index (χ0n) is 23.6. The topological polar surface area (TPSA) is 92.7 Å². The van der Waals surface area contributed by atoms with Crippen LogP contribution in [0.4, 0.5) is 0 Å². The standard InChI is InChI=1S/C32H46O8/c33-23-19-24(9-4-5-18-35-21-22-7-2-1-3-8-22)39-32(20-23)17-16-30(40-32)29-15-14-28(37-29)27-13-12-26(36-27)25-10-6-11-31(34)38-25/h1-3,7-8,23-30,33H,4-6,9-21H2/t23-,24-,25-,26+,27+,28-,29+,30?,32-/m0/s1. The lowest BCUT2D eigenvalue weighted by Crippen LogP contribution is -2.47. The number of hydrogen-bond acceptors (Lipinski definition) is 8. The first-order valence-electron chi connectivity index (χ1n) is 15.7. The molecule has 0 bridgehead atoms. The molecule has 1 unspecified atom stereocenters. The highest BCUT2D eigenvalue weighted by Gasteiger charge is 2.51. The van der Waals surface area contributed by atoms with Gasteiger partial charge in [-0.1, -0.05) is 30.3 Å². The number of aliphatic hydroxyl groups excluding tert-OH is 1. The number of rotatable bonds is 10. The van der Waals surface area contributed by atoms with Crippen LogP contribution in [0.5, 0.6) is 0 Å². The largest absolute Gasteiger partial charge is 0.460 e. The van der Waals surface area contributed by atoms with Gasteiger partial charge >= 0.3 is 5.97 Å². The summed E-state index contributed by atoms with van der Waals surface area (Å²) in [6.45, 7) is 1.37. The summed E-state index contributed by atoms with van der Waals surface area (Å²) in [6, 6.07) is 10.2. The maximum Gasteiger partial charge on any atom is 0.306 e. The van der Waals surface area contributed by atoms with Gasteiger partial charge in [0.05, 0.1) is 49.3 Å². The molecule has 0 radical (unpaired) electrons. The fraction of sp³-hybridized carbons (Fsp3) is 0.781. The highest BCUT2D eigenvalue weighted by molar-refractivity contribution is 5.70. The molecule has 1 spiro atoms. The van der Waals surface area contributed by atoms with E-state index in [-0.39, 0.29) is 48.7 Å². The minimum absolute atomic E-state index is 0.00609. The second kappa shape index (κ2) is 13.2. The number of esters is 1. The smallest absolute Gasteiger partial charge is 0.306 e. The third-order valence-corrected chi connectivity index (χ3v) is 9.38. The quantitative estimate of drug-likeness (QED) is 0.318. The molecule has 0 aromatic heterocycles. The minimum Gasteiger partial charge on any atom is -0.460 e. The molecule has 8 heteroatoms. The van der Waals surface area contributed by atoms with Gasteiger partial charge in [0.25, 0.3) is 0 Å². The lowest BCUT2D eigenvalue weighted by molar-refractivity contribution is -0.295. The lowest BCUT2D eigenvalue weighted by Gasteiger charge is -2.41. The van der Waals surface area contributed by atoms with E-state index in [1.807, 2.05) is 18.2 Å². The van der Waals surface area contributed by atoms with Crippen molar-refractivity contribution in [3.05, 3.63) is 35.9 Å². The number of cyclic esters (lactones) is 1. The fourth-order valence-corrected chi connectivity index (χ4v) is 7.39. The van der Waals surface area contributed by atoms with Crippen molar-refractivity contribution in [3.8, 4) is 0 Å². The van der Waals surface area contributed by atoms with Gasteiger partial charge in [0.2, 0.25) is 0 Å². The van der Waals surface area contributed by atoms with E-state index in [2.05, 4.69) is 12.1 Å². The summed E-state index contributed by atoms with van der Waals surface area (Å²) in [5, 5.41) is 10.7. The first-order chi connectivity index (χ1) is 19.6. The van der Waals surface area contributed by atoms with Crippen LogP contribution in [-0.4, -0.2) is 72.3 Å². The molecule has 222 valence electrons. The van der Waals surface area contributed by atoms with Gasteiger partial charge in [-0.25, -0.2) is 0 Å². The molecule has 0 amide bonds. The molecule has 5 saturated heterocycles. The van der Waals surface area contributed by atoms with Gasteiger partial charge in [-0.15, -0.1) is 0 Å². The van der Waals surface area contributed by atoms with Gasteiger partial charge in [-0.3, -0.25) is 4.79 Å². The van der Waals surface area contributed by atoms with Crippen LogP contribution < -0.4 is 0 Å². The number of carbonyl (C=O) groups excluding carboxylic acids is 1. The van der Waals surface area contributed by atoms with E-state index in [1.165, 1.54) is 5.56 Å². The molecule has 40 heavy (non-hydrogen) atoms. The van der Waals surface area contributed by atoms with Crippen molar-refractivity contribution in [2.45, 2.75) is 151 Å². The van der Waals surface area contributed by atoms with Gasteiger partial charge in [-0.05, 0) is 76.2 Å². The Morgan fingerprint density at radius 2 is 1.57 bits per heavy atom. The van der Waals surface area contributed by atoms with Crippen molar-refractivity contribution >= 4 is 5.97 Å². The van der Waals surface area contributed by atoms with Crippen LogP contribution >= 0.6 is 0 Å². The van der Waals surface area contributed by atoms with Crippen molar-refractivity contribution in [2.24, 2.45) is 0 Å². The average molecular weight is 559 g/mol. The van der Waals surface area contributed by atoms with Crippen LogP contribution in [0.15, 0.2) is 30.3 Å². The second-order valence-corrected chi connectivity index (χ2v) is 12.5. The Hall–Kier alpha value is -1.55. The molecule has 1 N–H and O–H groups in total. The Morgan fingerprint density at radius 3 is 2.33 bits per heavy atom. The van der Waals surface area contributed by atoms with Gasteiger partial charge < -0.3 is 33.5 Å². The van der Waals surface area contributed by atoms with Gasteiger partial charge in [0.1, 0.15) is 6.10 Å². The molecule has 5 aliphatic heterocycles. The van der Waals surface area contributed by atoms with Crippen molar-refractivity contribution in [1.82, 2.24) is 0 Å². The van der Waals surface area contributed by atoms with Crippen molar-refractivity contribution in [3.63, 3.8) is 0 Å². The molecule has 0 saturated carbocycles. The summed E-state index contributed by atoms with van der Waals surface area (Å²) in [5.41, 5.74) is 1.19. The zero-order valence-corrected chi connectivity index (χ0v) is 23.6. The predicted molar refractivity (Wildman–Crippen MR) is 146 cm³/mol. The maximum absolute atomic E-state index is 11.7. The SMILES string of the molecule is O=C1CCC[C@@H]([C@H]2CC[C@H]([C@@H]3CC[C@H](C4CC[C@@]5(C[C@@H](O)C[C@H](CCCCOCc6ccccc6)O5)O4)O3)O2)O1. The number of hydrogen-bond donors (Lipinski definition) is 1. The van der Waals surface area contributed by atoms with Gasteiger partial charge in [0.15, 0.2) is 5.79 Å². The summed E-state index contributed by atoms with van der Waals surface area (Å²) in [5.74, 6) is -0.795. The number of carbonyl (C=O) groups is 1. The summed E-state index contributed by atoms with van der Waals surface area (Å²) >= 11 is 0. The van der Waals surface area contributed by atoms with E-state index in [0.29, 0.717) is 25.9 Å². The third kappa shape index (κ3) is 7.08. The summed E-state index contributed by atoms with van der Waals surface area (Å²) < 4.78 is 37.4. The molecule has 8 nitrogen and oxygen atoms in total. The van der Waals surface area contributed by atoms with Crippen molar-refractivity contribution in [2.75, 3.05) is 6.61 Å². The molecule has 5 aliphatic rings. The van der Waals surface area contributed by atoms with E-state index in [0.717, 1.165) is 77.2 Å². The number of ether oxygens (including phenoxy) is 6. The van der Waals surface area contributed by atoms with Crippen LogP contribution in [0.1, 0.15) is 95.5 Å². The van der Waals surface area contributed by atoms with E-state index in [9.17, 15) is 9.90 Å². The molecule has 1 aromatic rings. The molecule has 6 rings (SSSR count). The normalized spacial score (nSPS) is 40.1. The molecule has 5 fully saturated rings. The summed E-state index contributed by atoms with van der Waals surface area (Å²) in [4.78, 5) is 11.7. The maximum atomic E-state index is 11.7. The monoisotopic (exact) mass is 558 g/mol. The van der Waals surface area contributed by atoms with Crippen LogP contribution in [-0.2, 0) is 39.8 Å². The van der Waals surface area contributed by atoms with E-state index in [4.69, 9.17) is 28.4 Å². The fourth-order valence-electron chi connectivity index (χ4n) is 7.39. The van der Waals surface area contributed by atoms with E-state index < -0.39 is 11.9 Å². The summed E-state index contributed by atoms with van der Waals surface area (Å²) in [7, 11) is 0. The van der Waals surface area contributed by atoms with E-state index in [1.54, 1.807) is 0 Å². The van der Waals surface area contributed by atoms with Crippen molar-refractivity contribution in [1.29, 1.82) is 0 Å². The molecule has 0 aliphatic carbocycles. The Morgan fingerprint density at radius 1 is 0.850 bits per heavy atom. The van der Waals surface area contributed by atoms with Crippen LogP contribution in [0.2, 0.25) is 0 Å². The highest BCUT2D eigenvalue weighted by Crippen LogP contribution is 2.45. The van der Waals surface area contributed by atoms with Gasteiger partial charge in [0, 0.05) is 25.9 Å². The summed E-state index contributed by atoms with van der Waals surface area (Å²) in [6.07, 6.45) is 11.5. The van der Waals surface area contributed by atoms with Crippen LogP contribution in [0.25, 0.3) is 0 Å². The van der Waals surface area contributed by atoms with Crippen molar-refractivity contribution < 1.29 is 38.3 Å². The molecule has 9 atom stereocenters. The third-order valence-electron chi connectivity index (χ3n) is 9.38.